The third-order valence-electron chi connectivity index (χ3n) is 11.7. The van der Waals surface area contributed by atoms with Gasteiger partial charge >= 0.3 is 0 Å². The zero-order valence-corrected chi connectivity index (χ0v) is 34.5. The molecule has 56 heavy (non-hydrogen) atoms. The zero-order valence-electron chi connectivity index (χ0n) is 33.5. The summed E-state index contributed by atoms with van der Waals surface area (Å²) < 4.78 is 9.29. The fourth-order valence-electron chi connectivity index (χ4n) is 9.19. The smallest absolute Gasteiger partial charge is 0.227 e. The lowest BCUT2D eigenvalue weighted by Gasteiger charge is -2.33. The number of hydrogen-bond acceptors (Lipinski definition) is 3. The van der Waals surface area contributed by atoms with E-state index in [4.69, 9.17) is 21.0 Å². The quantitative estimate of drug-likeness (QED) is 0.130. The molecular formula is C51H50N3OSi+. The first kappa shape index (κ1) is 36.0. The summed E-state index contributed by atoms with van der Waals surface area (Å²) in [7, 11) is -1.77. The highest BCUT2D eigenvalue weighted by Crippen LogP contribution is 2.47. The van der Waals surface area contributed by atoms with Gasteiger partial charge < -0.3 is 4.42 Å². The number of hydrogen-bond donors (Lipinski definition) is 0. The number of aromatic nitrogens is 2. The van der Waals surface area contributed by atoms with Gasteiger partial charge in [-0.15, -0.1) is 0 Å². The number of benzene rings is 4. The van der Waals surface area contributed by atoms with Gasteiger partial charge in [-0.1, -0.05) is 138 Å². The molecule has 5 heterocycles. The van der Waals surface area contributed by atoms with Crippen LogP contribution in [-0.4, -0.2) is 18.8 Å². The van der Waals surface area contributed by atoms with Crippen molar-refractivity contribution in [3.63, 3.8) is 0 Å². The van der Waals surface area contributed by atoms with Gasteiger partial charge in [-0.05, 0) is 76.8 Å². The molecule has 0 saturated heterocycles. The van der Waals surface area contributed by atoms with Crippen molar-refractivity contribution in [1.82, 2.24) is 4.98 Å². The Hall–Kier alpha value is -5.65. The third-order valence-corrected chi connectivity index (χ3v) is 13.8. The molecule has 5 heteroatoms. The Morgan fingerprint density at radius 1 is 0.839 bits per heavy atom. The molecule has 2 unspecified atom stereocenters. The average molecular weight is 749 g/mol. The molecule has 0 fully saturated rings. The molecule has 2 aliphatic rings. The Kier molecular flexibility index (Phi) is 8.70. The first-order valence-corrected chi connectivity index (χ1v) is 23.5. The maximum Gasteiger partial charge on any atom is 0.227 e. The first-order chi connectivity index (χ1) is 26.9. The Labute approximate surface area is 332 Å². The van der Waals surface area contributed by atoms with Crippen molar-refractivity contribution in [2.24, 2.45) is 10.4 Å². The number of nitrogens with zero attached hydrogens (tertiary/aromatic N) is 3. The van der Waals surface area contributed by atoms with Crippen LogP contribution < -0.4 is 9.75 Å². The van der Waals surface area contributed by atoms with Gasteiger partial charge in [0.2, 0.25) is 17.4 Å². The molecule has 2 atom stereocenters. The first-order valence-electron chi connectivity index (χ1n) is 20.0. The molecule has 9 rings (SSSR count). The summed E-state index contributed by atoms with van der Waals surface area (Å²) in [4.78, 5) is 10.5. The van der Waals surface area contributed by atoms with E-state index < -0.39 is 8.07 Å². The summed E-state index contributed by atoms with van der Waals surface area (Å²) in [6.07, 6.45) is 7.19. The minimum absolute atomic E-state index is 0.0654. The molecule has 0 aliphatic carbocycles. The van der Waals surface area contributed by atoms with Crippen molar-refractivity contribution < 1.29 is 8.98 Å². The van der Waals surface area contributed by atoms with Crippen molar-refractivity contribution >= 4 is 41.0 Å². The van der Waals surface area contributed by atoms with E-state index in [-0.39, 0.29) is 17.4 Å². The normalized spacial score (nSPS) is 16.9. The summed E-state index contributed by atoms with van der Waals surface area (Å²) >= 11 is 0. The van der Waals surface area contributed by atoms with Gasteiger partial charge in [0.1, 0.15) is 11.3 Å². The second-order valence-electron chi connectivity index (χ2n) is 17.9. The monoisotopic (exact) mass is 748 g/mol. The molecular weight excluding hydrogens is 699 g/mol. The fourth-order valence-corrected chi connectivity index (χ4v) is 10.8. The molecule has 0 amide bonds. The molecule has 4 nitrogen and oxygen atoms in total. The second-order valence-corrected chi connectivity index (χ2v) is 23.0. The summed E-state index contributed by atoms with van der Waals surface area (Å²) in [5.74, 6) is 0.157. The van der Waals surface area contributed by atoms with Crippen molar-refractivity contribution in [3.05, 3.63) is 163 Å². The van der Waals surface area contributed by atoms with Crippen LogP contribution in [0.15, 0.2) is 150 Å². The van der Waals surface area contributed by atoms with Gasteiger partial charge in [-0.25, -0.2) is 9.98 Å². The van der Waals surface area contributed by atoms with Crippen LogP contribution in [0.3, 0.4) is 0 Å². The van der Waals surface area contributed by atoms with Gasteiger partial charge in [0.25, 0.3) is 0 Å². The van der Waals surface area contributed by atoms with Gasteiger partial charge in [0.15, 0.2) is 6.20 Å². The highest BCUT2D eigenvalue weighted by molar-refractivity contribution is 6.89. The number of aryl methyl sites for hydroxylation is 1. The van der Waals surface area contributed by atoms with Gasteiger partial charge in [-0.2, -0.15) is 4.57 Å². The SMILES string of the molecule is C=CC1=NC(=C)C2C(CCc3ccc4c(oc5nc(-c6ccccc6)ccc54)c31)c1ccc(-c3ccccc3)cc1-c1cc(CC(C)(C)C)c([Si](C)(C)C)c[n+]12. The van der Waals surface area contributed by atoms with Gasteiger partial charge in [0.05, 0.1) is 31.0 Å². The maximum atomic E-state index is 6.74. The lowest BCUT2D eigenvalue weighted by atomic mass is 9.77. The predicted octanol–water partition coefficient (Wildman–Crippen LogP) is 12.2. The summed E-state index contributed by atoms with van der Waals surface area (Å²) in [5.41, 5.74) is 15.2. The van der Waals surface area contributed by atoms with Crippen molar-refractivity contribution in [3.8, 4) is 33.6 Å². The van der Waals surface area contributed by atoms with Crippen molar-refractivity contribution in [2.45, 2.75) is 71.6 Å². The molecule has 278 valence electrons. The van der Waals surface area contributed by atoms with Crippen LogP contribution in [0, 0.1) is 5.41 Å². The van der Waals surface area contributed by atoms with E-state index in [9.17, 15) is 0 Å². The molecule has 0 radical (unpaired) electrons. The van der Waals surface area contributed by atoms with Crippen LogP contribution in [0.4, 0.5) is 0 Å². The van der Waals surface area contributed by atoms with E-state index >= 15 is 0 Å². The molecule has 7 aromatic rings. The lowest BCUT2D eigenvalue weighted by molar-refractivity contribution is -0.708. The fraction of sp³-hybridized carbons (Fsp3) is 0.235. The van der Waals surface area contributed by atoms with E-state index in [2.05, 4.69) is 149 Å². The minimum atomic E-state index is -1.77. The van der Waals surface area contributed by atoms with E-state index in [1.165, 1.54) is 44.3 Å². The van der Waals surface area contributed by atoms with Crippen LogP contribution in [-0.2, 0) is 12.8 Å². The standard InChI is InChI=1S/C51H50N3OSi/c1-9-43-47-35(21-25-40-41-26-27-44(34-18-14-11-15-19-34)53-50(41)55-49(40)47)20-24-39-38-23-22-36(33-16-12-10-13-17-33)28-42(38)45-29-37(30-51(3,4)5)46(56(6,7)8)31-54(45)48(39)32(2)52-43/h9-19,21-23,25-29,31,39,48H,1-2,20,24,30H2,3-8H3/q+1. The highest BCUT2D eigenvalue weighted by atomic mass is 28.3. The topological polar surface area (TPSA) is 42.3 Å². The molecule has 0 N–H and O–H groups in total. The summed E-state index contributed by atoms with van der Waals surface area (Å²) in [6, 6.07) is 39.3. The summed E-state index contributed by atoms with van der Waals surface area (Å²) in [5, 5.41) is 3.54. The Morgan fingerprint density at radius 3 is 2.25 bits per heavy atom. The van der Waals surface area contributed by atoms with Crippen molar-refractivity contribution in [2.75, 3.05) is 0 Å². The van der Waals surface area contributed by atoms with Crippen LogP contribution in [0.2, 0.25) is 19.6 Å². The molecule has 4 aromatic carbocycles. The number of rotatable bonds is 5. The number of aliphatic imine (C=N–C) groups is 1. The molecule has 0 saturated carbocycles. The van der Waals surface area contributed by atoms with E-state index in [1.807, 2.05) is 24.3 Å². The number of pyridine rings is 2. The van der Waals surface area contributed by atoms with E-state index in [1.54, 1.807) is 0 Å². The zero-order chi connectivity index (χ0) is 38.9. The Morgan fingerprint density at radius 2 is 1.55 bits per heavy atom. The second kappa shape index (κ2) is 13.5. The summed E-state index contributed by atoms with van der Waals surface area (Å²) in [6.45, 7) is 23.6. The number of furan rings is 1. The molecule has 3 aromatic heterocycles. The number of allylic oxidation sites excluding steroid dienone is 2. The predicted molar refractivity (Wildman–Crippen MR) is 237 cm³/mol. The Balaban J connectivity index is 1.25. The van der Waals surface area contributed by atoms with Crippen LogP contribution in [0.25, 0.3) is 55.7 Å². The maximum absolute atomic E-state index is 6.74. The third kappa shape index (κ3) is 6.28. The average Bonchev–Trinajstić information content (AvgIpc) is 3.58. The Bertz CT molecular complexity index is 2730. The molecule has 0 spiro atoms. The largest absolute Gasteiger partial charge is 0.437 e. The lowest BCUT2D eigenvalue weighted by Crippen LogP contribution is -2.54. The minimum Gasteiger partial charge on any atom is -0.437 e. The van der Waals surface area contributed by atoms with E-state index in [0.29, 0.717) is 5.71 Å². The van der Waals surface area contributed by atoms with E-state index in [0.717, 1.165) is 63.8 Å². The number of fused-ring (bicyclic) bond motifs is 11. The molecule has 2 aliphatic heterocycles. The van der Waals surface area contributed by atoms with Gasteiger partial charge in [0, 0.05) is 33.2 Å². The molecule has 0 bridgehead atoms. The van der Waals surface area contributed by atoms with Crippen molar-refractivity contribution in [1.29, 1.82) is 0 Å². The highest BCUT2D eigenvalue weighted by Gasteiger charge is 2.44. The van der Waals surface area contributed by atoms with Crippen LogP contribution >= 0.6 is 0 Å². The van der Waals surface area contributed by atoms with Crippen LogP contribution in [0.5, 0.6) is 0 Å². The van der Waals surface area contributed by atoms with Crippen LogP contribution in [0.1, 0.15) is 61.4 Å². The van der Waals surface area contributed by atoms with Gasteiger partial charge in [-0.3, -0.25) is 0 Å².